The van der Waals surface area contributed by atoms with Crippen LogP contribution in [0, 0.1) is 0 Å². The van der Waals surface area contributed by atoms with Crippen LogP contribution in [0.5, 0.6) is 0 Å². The Bertz CT molecular complexity index is 838. The van der Waals surface area contributed by atoms with Gasteiger partial charge in [-0.1, -0.05) is 11.6 Å². The maximum Gasteiger partial charge on any atom is 0.436 e. The predicted octanol–water partition coefficient (Wildman–Crippen LogP) is 5.79. The summed E-state index contributed by atoms with van der Waals surface area (Å²) < 4.78 is 40.9. The molecule has 1 aliphatic carbocycles. The van der Waals surface area contributed by atoms with E-state index in [9.17, 15) is 13.2 Å². The summed E-state index contributed by atoms with van der Waals surface area (Å²) in [6.45, 7) is 2.03. The van der Waals surface area contributed by atoms with Gasteiger partial charge in [-0.15, -0.1) is 11.8 Å². The minimum Gasteiger partial charge on any atom is -0.335 e. The Labute approximate surface area is 152 Å². The normalized spacial score (nSPS) is 18.0. The minimum atomic E-state index is -4.55. The van der Waals surface area contributed by atoms with Crippen molar-refractivity contribution in [3.05, 3.63) is 51.8 Å². The van der Waals surface area contributed by atoms with E-state index >= 15 is 0 Å². The number of benzene rings is 1. The van der Waals surface area contributed by atoms with Crippen LogP contribution in [0.1, 0.15) is 37.1 Å². The lowest BCUT2D eigenvalue weighted by Crippen LogP contribution is -2.15. The molecule has 0 unspecified atom stereocenters. The van der Waals surface area contributed by atoms with Gasteiger partial charge in [0.15, 0.2) is 5.69 Å². The molecule has 2 heterocycles. The van der Waals surface area contributed by atoms with Gasteiger partial charge >= 0.3 is 6.18 Å². The SMILES string of the molecule is CC1=CSCN1c1ccc(-n2nc(C(F)(F)F)c(Cl)c2C2CC2)cc1. The molecule has 1 aromatic carbocycles. The Kier molecular flexibility index (Phi) is 4.03. The third-order valence-corrected chi connectivity index (χ3v) is 5.67. The van der Waals surface area contributed by atoms with E-state index in [1.807, 2.05) is 19.1 Å². The highest BCUT2D eigenvalue weighted by Crippen LogP contribution is 2.47. The number of thioether (sulfide) groups is 1. The van der Waals surface area contributed by atoms with Gasteiger partial charge in [0.1, 0.15) is 0 Å². The van der Waals surface area contributed by atoms with Gasteiger partial charge in [0.05, 0.1) is 22.3 Å². The number of anilines is 1. The van der Waals surface area contributed by atoms with Crippen LogP contribution in [-0.2, 0) is 6.18 Å². The van der Waals surface area contributed by atoms with Gasteiger partial charge in [0, 0.05) is 17.3 Å². The van der Waals surface area contributed by atoms with Crippen LogP contribution < -0.4 is 4.90 Å². The van der Waals surface area contributed by atoms with Crippen molar-refractivity contribution in [2.75, 3.05) is 10.8 Å². The Morgan fingerprint density at radius 3 is 2.32 bits per heavy atom. The van der Waals surface area contributed by atoms with Crippen LogP contribution in [0.15, 0.2) is 35.4 Å². The lowest BCUT2D eigenvalue weighted by Gasteiger charge is -2.19. The average molecular weight is 386 g/mol. The molecule has 0 N–H and O–H groups in total. The fourth-order valence-corrected chi connectivity index (χ4v) is 4.27. The Morgan fingerprint density at radius 2 is 1.80 bits per heavy atom. The molecular weight excluding hydrogens is 371 g/mol. The molecule has 2 aromatic rings. The summed E-state index contributed by atoms with van der Waals surface area (Å²) in [5, 5.41) is 5.60. The molecule has 1 fully saturated rings. The van der Waals surface area contributed by atoms with Crippen molar-refractivity contribution in [3.8, 4) is 5.69 Å². The molecule has 8 heteroatoms. The summed E-state index contributed by atoms with van der Waals surface area (Å²) in [6, 6.07) is 7.39. The second-order valence-electron chi connectivity index (χ2n) is 6.23. The van der Waals surface area contributed by atoms with Crippen molar-refractivity contribution in [3.63, 3.8) is 0 Å². The highest BCUT2D eigenvalue weighted by atomic mass is 35.5. The number of allylic oxidation sites excluding steroid dienone is 1. The fraction of sp³-hybridized carbons (Fsp3) is 0.353. The fourth-order valence-electron chi connectivity index (χ4n) is 2.95. The Balaban J connectivity index is 1.73. The molecule has 2 aliphatic rings. The van der Waals surface area contributed by atoms with Crippen LogP contribution >= 0.6 is 23.4 Å². The molecule has 0 amide bonds. The first-order chi connectivity index (χ1) is 11.9. The summed E-state index contributed by atoms with van der Waals surface area (Å²) in [5.41, 5.74) is 2.21. The molecule has 4 rings (SSSR count). The molecule has 0 saturated heterocycles. The number of halogens is 4. The van der Waals surface area contributed by atoms with E-state index in [0.29, 0.717) is 11.4 Å². The van der Waals surface area contributed by atoms with Crippen molar-refractivity contribution in [1.29, 1.82) is 0 Å². The summed E-state index contributed by atoms with van der Waals surface area (Å²) in [7, 11) is 0. The lowest BCUT2D eigenvalue weighted by molar-refractivity contribution is -0.141. The zero-order chi connectivity index (χ0) is 17.8. The molecule has 25 heavy (non-hydrogen) atoms. The topological polar surface area (TPSA) is 21.1 Å². The van der Waals surface area contributed by atoms with Gasteiger partial charge in [0.2, 0.25) is 0 Å². The Hall–Kier alpha value is -1.60. The molecular formula is C17H15ClF3N3S. The van der Waals surface area contributed by atoms with Gasteiger partial charge in [-0.25, -0.2) is 4.68 Å². The largest absolute Gasteiger partial charge is 0.436 e. The number of hydrogen-bond donors (Lipinski definition) is 0. The van der Waals surface area contributed by atoms with Crippen LogP contribution in [0.2, 0.25) is 5.02 Å². The maximum atomic E-state index is 13.2. The molecule has 3 nitrogen and oxygen atoms in total. The minimum absolute atomic E-state index is 0.0518. The first-order valence-electron chi connectivity index (χ1n) is 7.88. The van der Waals surface area contributed by atoms with E-state index in [1.165, 1.54) is 4.68 Å². The Morgan fingerprint density at radius 1 is 1.16 bits per heavy atom. The first-order valence-corrected chi connectivity index (χ1v) is 9.31. The standard InChI is InChI=1S/C17H15ClF3N3S/c1-10-8-25-9-23(10)12-4-6-13(7-5-12)24-15(11-2-3-11)14(18)16(22-24)17(19,20)21/h4-8,11H,2-3,9H2,1H3. The van der Waals surface area contributed by atoms with Gasteiger partial charge in [-0.2, -0.15) is 18.3 Å². The van der Waals surface area contributed by atoms with Crippen molar-refractivity contribution < 1.29 is 13.2 Å². The summed E-state index contributed by atoms with van der Waals surface area (Å²) >= 11 is 7.74. The van der Waals surface area contributed by atoms with E-state index in [1.54, 1.807) is 23.9 Å². The molecule has 1 aromatic heterocycles. The van der Waals surface area contributed by atoms with Gasteiger partial charge in [-0.3, -0.25) is 0 Å². The molecule has 0 atom stereocenters. The van der Waals surface area contributed by atoms with Crippen molar-refractivity contribution in [1.82, 2.24) is 9.78 Å². The second-order valence-corrected chi connectivity index (χ2v) is 7.44. The molecule has 132 valence electrons. The zero-order valence-electron chi connectivity index (χ0n) is 13.3. The molecule has 0 radical (unpaired) electrons. The average Bonchev–Trinajstić information content (AvgIpc) is 3.20. The number of nitrogens with zero attached hydrogens (tertiary/aromatic N) is 3. The molecule has 0 spiro atoms. The van der Waals surface area contributed by atoms with Crippen LogP contribution in [-0.4, -0.2) is 15.7 Å². The van der Waals surface area contributed by atoms with E-state index < -0.39 is 11.9 Å². The highest BCUT2D eigenvalue weighted by Gasteiger charge is 2.42. The molecule has 1 saturated carbocycles. The van der Waals surface area contributed by atoms with Gasteiger partial charge in [-0.05, 0) is 49.4 Å². The quantitative estimate of drug-likeness (QED) is 0.666. The number of aromatic nitrogens is 2. The first kappa shape index (κ1) is 16.8. The van der Waals surface area contributed by atoms with E-state index in [2.05, 4.69) is 15.4 Å². The van der Waals surface area contributed by atoms with Crippen molar-refractivity contribution in [2.45, 2.75) is 31.9 Å². The molecule has 0 bridgehead atoms. The predicted molar refractivity (Wildman–Crippen MR) is 94.2 cm³/mol. The third-order valence-electron chi connectivity index (χ3n) is 4.38. The highest BCUT2D eigenvalue weighted by molar-refractivity contribution is 8.02. The van der Waals surface area contributed by atoms with Crippen molar-refractivity contribution >= 4 is 29.1 Å². The molecule has 1 aliphatic heterocycles. The smallest absolute Gasteiger partial charge is 0.335 e. The van der Waals surface area contributed by atoms with Gasteiger partial charge in [0.25, 0.3) is 0 Å². The van der Waals surface area contributed by atoms with E-state index in [4.69, 9.17) is 11.6 Å². The number of rotatable bonds is 3. The lowest BCUT2D eigenvalue weighted by atomic mass is 10.2. The zero-order valence-corrected chi connectivity index (χ0v) is 14.9. The van der Waals surface area contributed by atoms with E-state index in [-0.39, 0.29) is 10.9 Å². The monoisotopic (exact) mass is 385 g/mol. The van der Waals surface area contributed by atoms with Crippen LogP contribution in [0.3, 0.4) is 0 Å². The number of alkyl halides is 3. The maximum absolute atomic E-state index is 13.2. The van der Waals surface area contributed by atoms with Crippen molar-refractivity contribution in [2.24, 2.45) is 0 Å². The third kappa shape index (κ3) is 3.04. The second kappa shape index (κ2) is 5.99. The van der Waals surface area contributed by atoms with E-state index in [0.717, 1.165) is 30.1 Å². The summed E-state index contributed by atoms with van der Waals surface area (Å²) in [4.78, 5) is 2.15. The summed E-state index contributed by atoms with van der Waals surface area (Å²) in [6.07, 6.45) is -2.87. The summed E-state index contributed by atoms with van der Waals surface area (Å²) in [5.74, 6) is 0.889. The van der Waals surface area contributed by atoms with Crippen LogP contribution in [0.25, 0.3) is 5.69 Å². The van der Waals surface area contributed by atoms with Gasteiger partial charge < -0.3 is 4.90 Å². The van der Waals surface area contributed by atoms with Crippen LogP contribution in [0.4, 0.5) is 18.9 Å². The number of hydrogen-bond acceptors (Lipinski definition) is 3.